The van der Waals surface area contributed by atoms with Crippen LogP contribution >= 0.6 is 11.6 Å². The monoisotopic (exact) mass is 266 g/mol. The Labute approximate surface area is 111 Å². The molecule has 1 atom stereocenters. The summed E-state index contributed by atoms with van der Waals surface area (Å²) in [7, 11) is 0. The van der Waals surface area contributed by atoms with Gasteiger partial charge < -0.3 is 9.15 Å². The number of hydrogen-bond acceptors (Lipinski definition) is 4. The van der Waals surface area contributed by atoms with Crippen LogP contribution in [0.5, 0.6) is 5.75 Å². The van der Waals surface area contributed by atoms with Gasteiger partial charge in [-0.15, -0.1) is 0 Å². The minimum Gasteiger partial charge on any atom is -0.494 e. The second-order valence-corrected chi connectivity index (χ2v) is 4.06. The quantitative estimate of drug-likeness (QED) is 0.645. The number of nitrogens with two attached hydrogens (primary N) is 1. The van der Waals surface area contributed by atoms with Crippen LogP contribution in [0.2, 0.25) is 5.22 Å². The molecule has 1 aromatic heterocycles. The lowest BCUT2D eigenvalue weighted by Gasteiger charge is -2.18. The summed E-state index contributed by atoms with van der Waals surface area (Å²) in [5.41, 5.74) is 4.44. The van der Waals surface area contributed by atoms with Crippen molar-refractivity contribution in [1.29, 1.82) is 0 Å². The van der Waals surface area contributed by atoms with Gasteiger partial charge in [0.15, 0.2) is 5.22 Å². The number of furan rings is 1. The maximum Gasteiger partial charge on any atom is 0.198 e. The number of rotatable bonds is 5. The van der Waals surface area contributed by atoms with E-state index in [9.17, 15) is 0 Å². The van der Waals surface area contributed by atoms with E-state index in [-0.39, 0.29) is 6.04 Å². The van der Waals surface area contributed by atoms with Crippen LogP contribution in [0, 0.1) is 0 Å². The van der Waals surface area contributed by atoms with Crippen molar-refractivity contribution in [3.8, 4) is 5.75 Å². The first-order valence-corrected chi connectivity index (χ1v) is 6.06. The number of hydrogen-bond donors (Lipinski definition) is 2. The molecule has 1 unspecified atom stereocenters. The summed E-state index contributed by atoms with van der Waals surface area (Å²) in [5.74, 6) is 6.40. The van der Waals surface area contributed by atoms with Gasteiger partial charge in [-0.1, -0.05) is 18.2 Å². The summed E-state index contributed by atoms with van der Waals surface area (Å²) in [6.45, 7) is 2.53. The number of halogens is 1. The van der Waals surface area contributed by atoms with Crippen LogP contribution in [-0.2, 0) is 0 Å². The Balaban J connectivity index is 2.42. The molecule has 1 aromatic carbocycles. The summed E-state index contributed by atoms with van der Waals surface area (Å²) in [6.07, 6.45) is 1.53. The smallest absolute Gasteiger partial charge is 0.198 e. The predicted molar refractivity (Wildman–Crippen MR) is 70.5 cm³/mol. The van der Waals surface area contributed by atoms with Crippen LogP contribution in [0.4, 0.5) is 0 Å². The van der Waals surface area contributed by atoms with Gasteiger partial charge in [0.05, 0.1) is 18.9 Å². The standard InChI is InChI=1S/C13H15ClN2O2/c1-2-17-11-6-4-3-5-9(11)12(16-15)10-7-8-18-13(10)14/h3-8,12,16H,2,15H2,1H3. The number of ether oxygens (including phenoxy) is 1. The summed E-state index contributed by atoms with van der Waals surface area (Å²) < 4.78 is 10.7. The maximum absolute atomic E-state index is 5.99. The first kappa shape index (κ1) is 13.0. The highest BCUT2D eigenvalue weighted by atomic mass is 35.5. The molecule has 0 aliphatic carbocycles. The molecule has 0 spiro atoms. The van der Waals surface area contributed by atoms with Crippen LogP contribution in [-0.4, -0.2) is 6.61 Å². The number of hydrazine groups is 1. The van der Waals surface area contributed by atoms with Crippen LogP contribution in [0.25, 0.3) is 0 Å². The molecule has 0 aliphatic rings. The van der Waals surface area contributed by atoms with E-state index in [4.69, 9.17) is 26.6 Å². The highest BCUT2D eigenvalue weighted by Gasteiger charge is 2.20. The van der Waals surface area contributed by atoms with Gasteiger partial charge in [-0.3, -0.25) is 5.84 Å². The fraction of sp³-hybridized carbons (Fsp3) is 0.231. The lowest BCUT2D eigenvalue weighted by atomic mass is 10.0. The van der Waals surface area contributed by atoms with Crippen molar-refractivity contribution in [3.63, 3.8) is 0 Å². The maximum atomic E-state index is 5.99. The molecular formula is C13H15ClN2O2. The molecule has 4 nitrogen and oxygen atoms in total. The molecule has 18 heavy (non-hydrogen) atoms. The summed E-state index contributed by atoms with van der Waals surface area (Å²) in [5, 5.41) is 0.323. The molecule has 0 radical (unpaired) electrons. The number of nitrogens with one attached hydrogen (secondary N) is 1. The van der Waals surface area contributed by atoms with Crippen molar-refractivity contribution in [2.75, 3.05) is 6.61 Å². The fourth-order valence-corrected chi connectivity index (χ4v) is 2.09. The Morgan fingerprint density at radius 3 is 2.72 bits per heavy atom. The van der Waals surface area contributed by atoms with Gasteiger partial charge in [-0.05, 0) is 30.7 Å². The Morgan fingerprint density at radius 1 is 1.33 bits per heavy atom. The first-order valence-electron chi connectivity index (χ1n) is 5.68. The van der Waals surface area contributed by atoms with Crippen molar-refractivity contribution in [1.82, 2.24) is 5.43 Å². The molecule has 2 aromatic rings. The van der Waals surface area contributed by atoms with Crippen molar-refractivity contribution in [2.24, 2.45) is 5.84 Å². The summed E-state index contributed by atoms with van der Waals surface area (Å²) in [4.78, 5) is 0. The minimum atomic E-state index is -0.265. The zero-order chi connectivity index (χ0) is 13.0. The molecule has 0 fully saturated rings. The topological polar surface area (TPSA) is 60.4 Å². The van der Waals surface area contributed by atoms with Gasteiger partial charge in [0, 0.05) is 11.1 Å². The second kappa shape index (κ2) is 5.91. The summed E-state index contributed by atoms with van der Waals surface area (Å²) >= 11 is 5.99. The van der Waals surface area contributed by atoms with Crippen molar-refractivity contribution in [3.05, 3.63) is 52.9 Å². The van der Waals surface area contributed by atoms with Crippen LogP contribution < -0.4 is 16.0 Å². The molecule has 3 N–H and O–H groups in total. The van der Waals surface area contributed by atoms with E-state index in [2.05, 4.69) is 5.43 Å². The Bertz CT molecular complexity index is 513. The fourth-order valence-electron chi connectivity index (χ4n) is 1.86. The van der Waals surface area contributed by atoms with Crippen molar-refractivity contribution in [2.45, 2.75) is 13.0 Å². The Hall–Kier alpha value is -1.49. The zero-order valence-corrected chi connectivity index (χ0v) is 10.8. The highest BCUT2D eigenvalue weighted by Crippen LogP contribution is 2.33. The van der Waals surface area contributed by atoms with Gasteiger partial charge in [-0.2, -0.15) is 0 Å². The normalized spacial score (nSPS) is 12.4. The molecule has 0 amide bonds. The van der Waals surface area contributed by atoms with Crippen LogP contribution in [0.1, 0.15) is 24.1 Å². The van der Waals surface area contributed by atoms with E-state index in [1.807, 2.05) is 31.2 Å². The SMILES string of the molecule is CCOc1ccccc1C(NN)c1ccoc1Cl. The lowest BCUT2D eigenvalue weighted by Crippen LogP contribution is -2.29. The lowest BCUT2D eigenvalue weighted by molar-refractivity contribution is 0.333. The summed E-state index contributed by atoms with van der Waals surface area (Å²) in [6, 6.07) is 9.21. The predicted octanol–water partition coefficient (Wildman–Crippen LogP) is 2.88. The van der Waals surface area contributed by atoms with E-state index in [1.54, 1.807) is 6.07 Å². The number of benzene rings is 1. The molecule has 0 saturated carbocycles. The van der Waals surface area contributed by atoms with Gasteiger partial charge in [0.1, 0.15) is 5.75 Å². The van der Waals surface area contributed by atoms with Gasteiger partial charge in [-0.25, -0.2) is 5.43 Å². The molecular weight excluding hydrogens is 252 g/mol. The van der Waals surface area contributed by atoms with Gasteiger partial charge >= 0.3 is 0 Å². The van der Waals surface area contributed by atoms with Gasteiger partial charge in [0.25, 0.3) is 0 Å². The van der Waals surface area contributed by atoms with E-state index < -0.39 is 0 Å². The van der Waals surface area contributed by atoms with E-state index in [0.29, 0.717) is 11.8 Å². The molecule has 0 aliphatic heterocycles. The van der Waals surface area contributed by atoms with Crippen molar-refractivity contribution >= 4 is 11.6 Å². The first-order chi connectivity index (χ1) is 8.77. The third kappa shape index (κ3) is 2.51. The van der Waals surface area contributed by atoms with Crippen molar-refractivity contribution < 1.29 is 9.15 Å². The largest absolute Gasteiger partial charge is 0.494 e. The van der Waals surface area contributed by atoms with Crippen LogP contribution in [0.3, 0.4) is 0 Å². The number of para-hydroxylation sites is 1. The average molecular weight is 267 g/mol. The highest BCUT2D eigenvalue weighted by molar-refractivity contribution is 6.29. The molecule has 96 valence electrons. The van der Waals surface area contributed by atoms with Gasteiger partial charge in [0.2, 0.25) is 0 Å². The molecule has 1 heterocycles. The third-order valence-electron chi connectivity index (χ3n) is 2.65. The van der Waals surface area contributed by atoms with Crippen LogP contribution in [0.15, 0.2) is 41.0 Å². The average Bonchev–Trinajstić information content (AvgIpc) is 2.79. The Morgan fingerprint density at radius 2 is 2.11 bits per heavy atom. The Kier molecular flexibility index (Phi) is 4.25. The molecule has 5 heteroatoms. The molecule has 2 rings (SSSR count). The minimum absolute atomic E-state index is 0.265. The third-order valence-corrected chi connectivity index (χ3v) is 2.96. The van der Waals surface area contributed by atoms with E-state index in [0.717, 1.165) is 16.9 Å². The second-order valence-electron chi connectivity index (χ2n) is 3.72. The molecule has 0 bridgehead atoms. The van der Waals surface area contributed by atoms with E-state index in [1.165, 1.54) is 6.26 Å². The zero-order valence-electron chi connectivity index (χ0n) is 10.0. The molecule has 0 saturated heterocycles. The van der Waals surface area contributed by atoms with E-state index >= 15 is 0 Å².